The highest BCUT2D eigenvalue weighted by Crippen LogP contribution is 2.61. The van der Waals surface area contributed by atoms with E-state index in [4.69, 9.17) is 9.05 Å². The van der Waals surface area contributed by atoms with Crippen molar-refractivity contribution in [2.45, 2.75) is 46.5 Å². The molecule has 1 aromatic rings. The molecule has 0 amide bonds. The third kappa shape index (κ3) is 3.58. The van der Waals surface area contributed by atoms with Crippen LogP contribution in [-0.4, -0.2) is 18.1 Å². The van der Waals surface area contributed by atoms with Crippen LogP contribution >= 0.6 is 18.2 Å². The monoisotopic (exact) mass is 342 g/mol. The minimum Gasteiger partial charge on any atom is -0.416 e. The summed E-state index contributed by atoms with van der Waals surface area (Å²) >= 11 is 1.19. The number of hydrogen-bond donors (Lipinski definition) is 0. The van der Waals surface area contributed by atoms with Crippen molar-refractivity contribution in [2.75, 3.05) is 12.4 Å². The average molecular weight is 342 g/mol. The van der Waals surface area contributed by atoms with E-state index in [1.807, 2.05) is 26.8 Å². The van der Waals surface area contributed by atoms with Crippen molar-refractivity contribution in [3.05, 3.63) is 28.8 Å². The lowest BCUT2D eigenvalue weighted by Crippen LogP contribution is -2.02. The molecule has 1 aliphatic rings. The van der Waals surface area contributed by atoms with E-state index in [0.717, 1.165) is 17.5 Å². The van der Waals surface area contributed by atoms with Gasteiger partial charge in [-0.2, -0.15) is 0 Å². The number of fused-ring (bicyclic) bond motifs is 1. The first-order chi connectivity index (χ1) is 10.4. The second-order valence-corrected chi connectivity index (χ2v) is 9.61. The minimum atomic E-state index is -3.29. The molecule has 0 heterocycles. The summed E-state index contributed by atoms with van der Waals surface area (Å²) in [6.07, 6.45) is 1.37. The van der Waals surface area contributed by atoms with Gasteiger partial charge in [-0.1, -0.05) is 19.9 Å². The number of aryl methyl sites for hydroxylation is 1. The van der Waals surface area contributed by atoms with E-state index in [1.165, 1.54) is 11.4 Å². The van der Waals surface area contributed by atoms with Crippen LogP contribution in [0.25, 0.3) is 0 Å². The SMILES string of the molecule is CCCSP(=O)(OCC)Oc1ccc(C)c2c1C(=O)CC2C. The number of carbonyl (C=O) groups is 1. The first-order valence-corrected chi connectivity index (χ1v) is 10.8. The Bertz CT molecular complexity index is 614. The van der Waals surface area contributed by atoms with E-state index in [0.29, 0.717) is 30.1 Å². The molecule has 4 nitrogen and oxygen atoms in total. The van der Waals surface area contributed by atoms with Gasteiger partial charge in [-0.15, -0.1) is 0 Å². The van der Waals surface area contributed by atoms with Gasteiger partial charge in [0.05, 0.1) is 12.2 Å². The zero-order chi connectivity index (χ0) is 16.3. The van der Waals surface area contributed by atoms with Gasteiger partial charge in [0.15, 0.2) is 5.78 Å². The molecule has 2 rings (SSSR count). The van der Waals surface area contributed by atoms with Gasteiger partial charge in [-0.3, -0.25) is 9.32 Å². The summed E-state index contributed by atoms with van der Waals surface area (Å²) in [6.45, 7) is 4.85. The summed E-state index contributed by atoms with van der Waals surface area (Å²) < 4.78 is 23.9. The molecular weight excluding hydrogens is 319 g/mol. The zero-order valence-electron chi connectivity index (χ0n) is 13.5. The van der Waals surface area contributed by atoms with Gasteiger partial charge in [-0.25, -0.2) is 4.57 Å². The van der Waals surface area contributed by atoms with E-state index in [1.54, 1.807) is 13.0 Å². The van der Waals surface area contributed by atoms with Crippen molar-refractivity contribution in [3.63, 3.8) is 0 Å². The predicted octanol–water partition coefficient (Wildman–Crippen LogP) is 5.35. The van der Waals surface area contributed by atoms with E-state index in [9.17, 15) is 9.36 Å². The lowest BCUT2D eigenvalue weighted by Gasteiger charge is -2.19. The van der Waals surface area contributed by atoms with Crippen LogP contribution in [0.2, 0.25) is 0 Å². The van der Waals surface area contributed by atoms with Crippen molar-refractivity contribution >= 4 is 24.0 Å². The highest BCUT2D eigenvalue weighted by Gasteiger charge is 2.34. The Morgan fingerprint density at radius 2 is 2.09 bits per heavy atom. The third-order valence-corrected chi connectivity index (χ3v) is 7.58. The molecule has 0 fully saturated rings. The molecule has 0 saturated heterocycles. The van der Waals surface area contributed by atoms with Crippen LogP contribution in [0.5, 0.6) is 5.75 Å². The molecule has 0 saturated carbocycles. The maximum atomic E-state index is 12.8. The van der Waals surface area contributed by atoms with E-state index >= 15 is 0 Å². The maximum Gasteiger partial charge on any atom is 0.440 e. The number of benzene rings is 1. The number of carbonyl (C=O) groups excluding carboxylic acids is 1. The highest BCUT2D eigenvalue weighted by molar-refractivity contribution is 8.55. The number of ketones is 1. The Morgan fingerprint density at radius 1 is 1.36 bits per heavy atom. The first kappa shape index (κ1) is 17.6. The number of rotatable bonds is 7. The summed E-state index contributed by atoms with van der Waals surface area (Å²) in [6, 6.07) is 3.66. The fraction of sp³-hybridized carbons (Fsp3) is 0.562. The molecule has 122 valence electrons. The Labute approximate surface area is 136 Å². The molecule has 6 heteroatoms. The standard InChI is InChI=1S/C16H23O4PS/c1-5-9-22-21(18,19-6-2)20-14-8-7-11(3)15-12(4)10-13(17)16(14)15/h7-8,12H,5-6,9-10H2,1-4H3. The summed E-state index contributed by atoms with van der Waals surface area (Å²) in [5.74, 6) is 1.33. The quantitative estimate of drug-likeness (QED) is 0.625. The smallest absolute Gasteiger partial charge is 0.416 e. The van der Waals surface area contributed by atoms with Crippen LogP contribution in [-0.2, 0) is 9.09 Å². The summed E-state index contributed by atoms with van der Waals surface area (Å²) in [5.41, 5.74) is 2.68. The molecule has 0 aromatic heterocycles. The van der Waals surface area contributed by atoms with Crippen molar-refractivity contribution in [2.24, 2.45) is 0 Å². The molecule has 1 aliphatic carbocycles. The van der Waals surface area contributed by atoms with Crippen molar-refractivity contribution in [1.29, 1.82) is 0 Å². The lowest BCUT2D eigenvalue weighted by atomic mass is 9.98. The molecule has 0 aliphatic heterocycles. The fourth-order valence-corrected chi connectivity index (χ4v) is 6.21. The van der Waals surface area contributed by atoms with Crippen LogP contribution in [0.1, 0.15) is 61.0 Å². The average Bonchev–Trinajstić information content (AvgIpc) is 2.76. The Kier molecular flexibility index (Phi) is 5.76. The summed E-state index contributed by atoms with van der Waals surface area (Å²) in [7, 11) is 0. The second-order valence-electron chi connectivity index (χ2n) is 5.49. The number of Topliss-reactive ketones (excluding diaryl/α,β-unsaturated/α-hetero) is 1. The zero-order valence-corrected chi connectivity index (χ0v) is 15.3. The molecule has 0 spiro atoms. The Hall–Kier alpha value is -0.770. The summed E-state index contributed by atoms with van der Waals surface area (Å²) in [4.78, 5) is 12.3. The highest BCUT2D eigenvalue weighted by atomic mass is 32.7. The first-order valence-electron chi connectivity index (χ1n) is 7.67. The van der Waals surface area contributed by atoms with Crippen LogP contribution in [0.3, 0.4) is 0 Å². The minimum absolute atomic E-state index is 0.0599. The van der Waals surface area contributed by atoms with Crippen LogP contribution in [0, 0.1) is 6.92 Å². The Morgan fingerprint density at radius 3 is 2.73 bits per heavy atom. The topological polar surface area (TPSA) is 52.6 Å². The van der Waals surface area contributed by atoms with Gasteiger partial charge < -0.3 is 4.52 Å². The van der Waals surface area contributed by atoms with Gasteiger partial charge in [0.25, 0.3) is 0 Å². The molecular formula is C16H23O4PS. The van der Waals surface area contributed by atoms with Gasteiger partial charge in [-0.05, 0) is 54.8 Å². The molecule has 2 unspecified atom stereocenters. The van der Waals surface area contributed by atoms with Gasteiger partial charge in [0.2, 0.25) is 0 Å². The van der Waals surface area contributed by atoms with Crippen molar-refractivity contribution < 1.29 is 18.4 Å². The molecule has 22 heavy (non-hydrogen) atoms. The van der Waals surface area contributed by atoms with Gasteiger partial charge in [0.1, 0.15) is 5.75 Å². The van der Waals surface area contributed by atoms with Gasteiger partial charge >= 0.3 is 6.80 Å². The van der Waals surface area contributed by atoms with E-state index < -0.39 is 6.80 Å². The number of hydrogen-bond acceptors (Lipinski definition) is 5. The third-order valence-electron chi connectivity index (χ3n) is 3.64. The largest absolute Gasteiger partial charge is 0.440 e. The van der Waals surface area contributed by atoms with Crippen molar-refractivity contribution in [1.82, 2.24) is 0 Å². The fourth-order valence-electron chi connectivity index (χ4n) is 2.76. The van der Waals surface area contributed by atoms with E-state index in [2.05, 4.69) is 0 Å². The maximum absolute atomic E-state index is 12.8. The summed E-state index contributed by atoms with van der Waals surface area (Å²) in [5, 5.41) is 0. The lowest BCUT2D eigenvalue weighted by molar-refractivity contribution is 0.0989. The van der Waals surface area contributed by atoms with E-state index in [-0.39, 0.29) is 11.7 Å². The van der Waals surface area contributed by atoms with Crippen LogP contribution in [0.15, 0.2) is 12.1 Å². The molecule has 0 radical (unpaired) electrons. The molecule has 0 bridgehead atoms. The Balaban J connectivity index is 2.37. The normalized spacial score (nSPS) is 19.8. The second kappa shape index (κ2) is 7.20. The van der Waals surface area contributed by atoms with Crippen molar-refractivity contribution in [3.8, 4) is 5.75 Å². The van der Waals surface area contributed by atoms with Crippen LogP contribution < -0.4 is 4.52 Å². The molecule has 1 aromatic carbocycles. The molecule has 2 atom stereocenters. The molecule has 0 N–H and O–H groups in total. The van der Waals surface area contributed by atoms with Gasteiger partial charge in [0, 0.05) is 12.2 Å². The predicted molar refractivity (Wildman–Crippen MR) is 91.2 cm³/mol. The van der Waals surface area contributed by atoms with Crippen LogP contribution in [0.4, 0.5) is 0 Å².